The molecule has 0 aromatic heterocycles. The topological polar surface area (TPSA) is 35.5 Å². The molecule has 0 spiro atoms. The van der Waals surface area contributed by atoms with E-state index in [1.807, 2.05) is 0 Å². The molecule has 2 rings (SSSR count). The minimum atomic E-state index is -0.0263. The fourth-order valence-electron chi connectivity index (χ4n) is 2.39. The van der Waals surface area contributed by atoms with Gasteiger partial charge in [0, 0.05) is 30.7 Å². The zero-order chi connectivity index (χ0) is 8.77. The molecule has 2 bridgehead atoms. The van der Waals surface area contributed by atoms with Crippen molar-refractivity contribution in [1.29, 1.82) is 0 Å². The molecule has 12 heavy (non-hydrogen) atoms. The van der Waals surface area contributed by atoms with Gasteiger partial charge in [-0.15, -0.1) is 0 Å². The number of aliphatic hydroxyl groups excluding tert-OH is 1. The van der Waals surface area contributed by atoms with Crippen molar-refractivity contribution >= 4 is 0 Å². The lowest BCUT2D eigenvalue weighted by molar-refractivity contribution is 0.0383. The first-order chi connectivity index (χ1) is 5.63. The van der Waals surface area contributed by atoms with Crippen LogP contribution in [-0.4, -0.2) is 47.3 Å². The second-order valence-electron chi connectivity index (χ2n) is 4.62. The molecule has 2 aliphatic heterocycles. The Morgan fingerprint density at radius 1 is 1.58 bits per heavy atom. The van der Waals surface area contributed by atoms with Crippen LogP contribution >= 0.6 is 0 Å². The summed E-state index contributed by atoms with van der Waals surface area (Å²) in [6.07, 6.45) is 1.27. The summed E-state index contributed by atoms with van der Waals surface area (Å²) in [5, 5.41) is 12.7. The number of nitrogens with one attached hydrogen (secondary N) is 1. The van der Waals surface area contributed by atoms with Crippen LogP contribution < -0.4 is 5.32 Å². The van der Waals surface area contributed by atoms with Crippen molar-refractivity contribution in [3.63, 3.8) is 0 Å². The third kappa shape index (κ3) is 1.16. The van der Waals surface area contributed by atoms with Crippen molar-refractivity contribution in [2.24, 2.45) is 0 Å². The molecule has 3 nitrogen and oxygen atoms in total. The van der Waals surface area contributed by atoms with Gasteiger partial charge in [0.1, 0.15) is 0 Å². The number of hydrogen-bond donors (Lipinski definition) is 2. The van der Waals surface area contributed by atoms with Gasteiger partial charge in [0.05, 0.1) is 6.61 Å². The number of fused-ring (bicyclic) bond motifs is 2. The smallest absolute Gasteiger partial charge is 0.0610 e. The Kier molecular flexibility index (Phi) is 1.90. The molecule has 0 aromatic carbocycles. The maximum Gasteiger partial charge on any atom is 0.0610 e. The number of likely N-dealkylation sites (tertiary alicyclic amines) is 1. The van der Waals surface area contributed by atoms with E-state index in [9.17, 15) is 5.11 Å². The van der Waals surface area contributed by atoms with Crippen molar-refractivity contribution in [2.45, 2.75) is 37.9 Å². The number of piperazine rings is 1. The predicted octanol–water partition coefficient (Wildman–Crippen LogP) is -0.197. The van der Waals surface area contributed by atoms with Gasteiger partial charge in [-0.1, -0.05) is 0 Å². The highest BCUT2D eigenvalue weighted by Gasteiger charge is 2.43. The highest BCUT2D eigenvalue weighted by atomic mass is 16.3. The van der Waals surface area contributed by atoms with Gasteiger partial charge in [-0.05, 0) is 20.3 Å². The van der Waals surface area contributed by atoms with Crippen molar-refractivity contribution in [1.82, 2.24) is 10.2 Å². The van der Waals surface area contributed by atoms with Crippen LogP contribution in [0.5, 0.6) is 0 Å². The standard InChI is InChI=1S/C9H18N2O/c1-9(2,6-12)11-5-7-3-8(11)4-10-7/h7-8,10,12H,3-6H2,1-2H3/t7-,8-/m1/s1. The molecule has 2 atom stereocenters. The molecule has 0 amide bonds. The summed E-state index contributed by atoms with van der Waals surface area (Å²) in [6, 6.07) is 1.35. The van der Waals surface area contributed by atoms with Crippen LogP contribution in [0.2, 0.25) is 0 Å². The summed E-state index contributed by atoms with van der Waals surface area (Å²) in [6.45, 7) is 6.71. The first kappa shape index (κ1) is 8.48. The molecule has 2 fully saturated rings. The van der Waals surface area contributed by atoms with E-state index in [0.717, 1.165) is 13.1 Å². The first-order valence-electron chi connectivity index (χ1n) is 4.74. The molecule has 0 unspecified atom stereocenters. The normalized spacial score (nSPS) is 36.2. The Labute approximate surface area is 73.8 Å². The van der Waals surface area contributed by atoms with Gasteiger partial charge < -0.3 is 10.4 Å². The summed E-state index contributed by atoms with van der Waals surface area (Å²) >= 11 is 0. The predicted molar refractivity (Wildman–Crippen MR) is 48.1 cm³/mol. The van der Waals surface area contributed by atoms with Crippen molar-refractivity contribution in [3.05, 3.63) is 0 Å². The Balaban J connectivity index is 2.06. The Bertz CT molecular complexity index is 181. The molecule has 0 radical (unpaired) electrons. The van der Waals surface area contributed by atoms with Crippen LogP contribution in [0.1, 0.15) is 20.3 Å². The number of nitrogens with zero attached hydrogens (tertiary/aromatic N) is 1. The SMILES string of the molecule is CC(C)(CO)N1C[C@H]2C[C@@H]1CN2. The average molecular weight is 170 g/mol. The second-order valence-corrected chi connectivity index (χ2v) is 4.62. The maximum atomic E-state index is 9.22. The van der Waals surface area contributed by atoms with Crippen LogP contribution in [-0.2, 0) is 0 Å². The maximum absolute atomic E-state index is 9.22. The first-order valence-corrected chi connectivity index (χ1v) is 4.74. The molecular weight excluding hydrogens is 152 g/mol. The fourth-order valence-corrected chi connectivity index (χ4v) is 2.39. The van der Waals surface area contributed by atoms with Crippen LogP contribution in [0.4, 0.5) is 0 Å². The van der Waals surface area contributed by atoms with Gasteiger partial charge in [0.25, 0.3) is 0 Å². The summed E-state index contributed by atoms with van der Waals surface area (Å²) in [5.41, 5.74) is -0.0263. The van der Waals surface area contributed by atoms with E-state index in [0.29, 0.717) is 12.1 Å². The third-order valence-electron chi connectivity index (χ3n) is 3.22. The van der Waals surface area contributed by atoms with Gasteiger partial charge in [-0.2, -0.15) is 0 Å². The summed E-state index contributed by atoms with van der Waals surface area (Å²) < 4.78 is 0. The third-order valence-corrected chi connectivity index (χ3v) is 3.22. The molecule has 2 saturated heterocycles. The van der Waals surface area contributed by atoms with Crippen LogP contribution in [0, 0.1) is 0 Å². The summed E-state index contributed by atoms with van der Waals surface area (Å²) in [4.78, 5) is 2.44. The fraction of sp³-hybridized carbons (Fsp3) is 1.00. The zero-order valence-electron chi connectivity index (χ0n) is 7.88. The minimum absolute atomic E-state index is 0.0263. The average Bonchev–Trinajstić information content (AvgIpc) is 2.64. The second kappa shape index (κ2) is 2.69. The molecule has 2 heterocycles. The largest absolute Gasteiger partial charge is 0.394 e. The summed E-state index contributed by atoms with van der Waals surface area (Å²) in [5.74, 6) is 0. The number of hydrogen-bond acceptors (Lipinski definition) is 3. The van der Waals surface area contributed by atoms with Crippen LogP contribution in [0.25, 0.3) is 0 Å². The van der Waals surface area contributed by atoms with E-state index in [-0.39, 0.29) is 12.1 Å². The number of aliphatic hydroxyl groups is 1. The minimum Gasteiger partial charge on any atom is -0.394 e. The van der Waals surface area contributed by atoms with Crippen molar-refractivity contribution < 1.29 is 5.11 Å². The van der Waals surface area contributed by atoms with Crippen molar-refractivity contribution in [3.8, 4) is 0 Å². The Hall–Kier alpha value is -0.120. The molecule has 3 heteroatoms. The Morgan fingerprint density at radius 3 is 2.75 bits per heavy atom. The monoisotopic (exact) mass is 170 g/mol. The van der Waals surface area contributed by atoms with E-state index >= 15 is 0 Å². The van der Waals surface area contributed by atoms with Gasteiger partial charge >= 0.3 is 0 Å². The van der Waals surface area contributed by atoms with E-state index in [4.69, 9.17) is 0 Å². The molecule has 2 aliphatic rings. The molecular formula is C9H18N2O. The van der Waals surface area contributed by atoms with E-state index < -0.39 is 0 Å². The lowest BCUT2D eigenvalue weighted by atomic mass is 10.0. The summed E-state index contributed by atoms with van der Waals surface area (Å²) in [7, 11) is 0. The zero-order valence-corrected chi connectivity index (χ0v) is 7.88. The van der Waals surface area contributed by atoms with Crippen LogP contribution in [0.3, 0.4) is 0 Å². The van der Waals surface area contributed by atoms with Gasteiger partial charge in [-0.3, -0.25) is 4.90 Å². The van der Waals surface area contributed by atoms with E-state index in [1.165, 1.54) is 6.42 Å². The van der Waals surface area contributed by atoms with Gasteiger partial charge in [0.2, 0.25) is 0 Å². The molecule has 0 saturated carbocycles. The molecule has 2 N–H and O–H groups in total. The lowest BCUT2D eigenvalue weighted by Crippen LogP contribution is -2.55. The van der Waals surface area contributed by atoms with Crippen molar-refractivity contribution in [2.75, 3.05) is 19.7 Å². The van der Waals surface area contributed by atoms with E-state index in [1.54, 1.807) is 0 Å². The van der Waals surface area contributed by atoms with Gasteiger partial charge in [0.15, 0.2) is 0 Å². The van der Waals surface area contributed by atoms with Crippen LogP contribution in [0.15, 0.2) is 0 Å². The molecule has 0 aromatic rings. The highest BCUT2D eigenvalue weighted by Crippen LogP contribution is 2.29. The molecule has 0 aliphatic carbocycles. The molecule has 70 valence electrons. The van der Waals surface area contributed by atoms with E-state index in [2.05, 4.69) is 24.1 Å². The number of rotatable bonds is 2. The lowest BCUT2D eigenvalue weighted by Gasteiger charge is -2.40. The van der Waals surface area contributed by atoms with Gasteiger partial charge in [-0.25, -0.2) is 0 Å². The highest BCUT2D eigenvalue weighted by molar-refractivity contribution is 5.02. The quantitative estimate of drug-likeness (QED) is 0.602. The Morgan fingerprint density at radius 2 is 2.33 bits per heavy atom.